The molecule has 1 aliphatic carbocycles. The topological polar surface area (TPSA) is 179 Å². The van der Waals surface area contributed by atoms with Crippen LogP contribution in [0.5, 0.6) is 5.88 Å². The third-order valence-corrected chi connectivity index (χ3v) is 10.4. The number of ether oxygens (including phenoxy) is 2. The van der Waals surface area contributed by atoms with E-state index in [1.54, 1.807) is 6.07 Å². The van der Waals surface area contributed by atoms with Crippen LogP contribution in [0.15, 0.2) is 35.9 Å². The fourth-order valence-corrected chi connectivity index (χ4v) is 8.29. The summed E-state index contributed by atoms with van der Waals surface area (Å²) in [5.41, 5.74) is -0.748. The highest BCUT2D eigenvalue weighted by Crippen LogP contribution is 2.58. The molecule has 2 unspecified atom stereocenters. The molecule has 2 aliphatic heterocycles. The summed E-state index contributed by atoms with van der Waals surface area (Å²) in [6.07, 6.45) is -1.01. The molecule has 6 rings (SSSR count). The van der Waals surface area contributed by atoms with Gasteiger partial charge in [0.05, 0.1) is 25.6 Å². The molecular formula is C22H26FN5O10P2S2. The van der Waals surface area contributed by atoms with Crippen LogP contribution in [0.1, 0.15) is 19.1 Å². The van der Waals surface area contributed by atoms with E-state index in [0.29, 0.717) is 12.3 Å². The van der Waals surface area contributed by atoms with E-state index in [1.807, 2.05) is 0 Å². The van der Waals surface area contributed by atoms with E-state index in [-0.39, 0.29) is 24.1 Å². The predicted octanol–water partition coefficient (Wildman–Crippen LogP) is 1.85. The number of aliphatic hydroxyl groups excluding tert-OH is 1. The molecule has 3 aliphatic rings. The molecule has 0 radical (unpaired) electrons. The normalized spacial score (nSPS) is 37.5. The van der Waals surface area contributed by atoms with E-state index in [2.05, 4.69) is 27.2 Å². The van der Waals surface area contributed by atoms with Crippen molar-refractivity contribution in [2.75, 3.05) is 13.2 Å². The number of aliphatic hydroxyl groups is 1. The van der Waals surface area contributed by atoms with Crippen molar-refractivity contribution >= 4 is 48.6 Å². The Bertz CT molecular complexity index is 1630. The molecule has 2 saturated heterocycles. The molecule has 228 valence electrons. The van der Waals surface area contributed by atoms with Gasteiger partial charge < -0.3 is 42.2 Å². The van der Waals surface area contributed by atoms with Crippen LogP contribution in [0, 0.1) is 11.7 Å². The fourth-order valence-electron chi connectivity index (χ4n) is 5.27. The lowest BCUT2D eigenvalue weighted by molar-refractivity contribution is -0.0502. The van der Waals surface area contributed by atoms with Gasteiger partial charge in [0.2, 0.25) is 5.88 Å². The third kappa shape index (κ3) is 6.08. The number of hydrogen-bond donors (Lipinski definition) is 3. The summed E-state index contributed by atoms with van der Waals surface area (Å²) in [7, 11) is 1.42. The number of aromatic nitrogens is 5. The van der Waals surface area contributed by atoms with E-state index in [1.165, 1.54) is 25.9 Å². The zero-order valence-corrected chi connectivity index (χ0v) is 25.3. The zero-order chi connectivity index (χ0) is 29.8. The Morgan fingerprint density at radius 1 is 1.21 bits per heavy atom. The Balaban J connectivity index is 1.29. The number of fused-ring (bicyclic) bond motifs is 4. The maximum absolute atomic E-state index is 14.9. The minimum absolute atomic E-state index is 0.0990. The van der Waals surface area contributed by atoms with E-state index in [9.17, 15) is 23.7 Å². The zero-order valence-electron chi connectivity index (χ0n) is 21.8. The summed E-state index contributed by atoms with van der Waals surface area (Å²) in [5.74, 6) is -1.03. The summed E-state index contributed by atoms with van der Waals surface area (Å²) in [4.78, 5) is 35.5. The van der Waals surface area contributed by atoms with Crippen molar-refractivity contribution in [3.63, 3.8) is 0 Å². The second-order valence-electron chi connectivity index (χ2n) is 10.1. The van der Waals surface area contributed by atoms with E-state index in [0.717, 1.165) is 15.3 Å². The van der Waals surface area contributed by atoms with Gasteiger partial charge in [0.25, 0.3) is 5.56 Å². The highest BCUT2D eigenvalue weighted by Gasteiger charge is 2.51. The maximum Gasteiger partial charge on any atom is 0.386 e. The minimum atomic E-state index is -4.21. The molecule has 0 aromatic carbocycles. The molecule has 3 fully saturated rings. The summed E-state index contributed by atoms with van der Waals surface area (Å²) < 4.78 is 65.1. The predicted molar refractivity (Wildman–Crippen MR) is 149 cm³/mol. The van der Waals surface area contributed by atoms with Crippen molar-refractivity contribution in [1.82, 2.24) is 24.1 Å². The van der Waals surface area contributed by atoms with E-state index in [4.69, 9.17) is 39.4 Å². The summed E-state index contributed by atoms with van der Waals surface area (Å²) in [5, 5.41) is 10.8. The van der Waals surface area contributed by atoms with Crippen LogP contribution in [0.3, 0.4) is 0 Å². The SMILES string of the molecule is Cn1cnc2c(c(F)cn2[C@@H]2O[C@@H]3COP(O)(=S)O[C@H]4C[C@H](Oc5ccncn5)C[C@@H]4COP(=O)(S)O[C@@H]2[C@@H]3O)c1=O. The Kier molecular flexibility index (Phi) is 8.34. The number of hydrogen-bond acceptors (Lipinski definition) is 13. The lowest BCUT2D eigenvalue weighted by atomic mass is 10.1. The first-order valence-electron chi connectivity index (χ1n) is 12.7. The summed E-state index contributed by atoms with van der Waals surface area (Å²) in [6.45, 7) is -8.78. The number of rotatable bonds is 3. The lowest BCUT2D eigenvalue weighted by Gasteiger charge is -2.27. The molecule has 1 saturated carbocycles. The first kappa shape index (κ1) is 30.2. The monoisotopic (exact) mass is 665 g/mol. The molecule has 3 aromatic rings. The van der Waals surface area contributed by atoms with Gasteiger partial charge in [0.1, 0.15) is 36.1 Å². The van der Waals surface area contributed by atoms with Gasteiger partial charge >= 0.3 is 13.5 Å². The van der Waals surface area contributed by atoms with Crippen molar-refractivity contribution in [3.8, 4) is 5.88 Å². The largest absolute Gasteiger partial charge is 0.474 e. The standard InChI is InChI=1S/C22H26FN5O10P2S2/c1-27-10-26-20-17(21(27)30)13(23)6-28(20)22-19-18(29)15(36-22)8-34-39(31,41)37-14-5-12(35-16-2-3-24-9-25-16)4-11(14)7-33-40(32,42)38-19/h2-3,6,9-12,14-15,18-19,22,29H,4-5,7-8H2,1H3,(H,31,41)(H,32,42)/t11-,12-,14+,15-,18-,19-,22-,39?,40?/m1/s1. The van der Waals surface area contributed by atoms with Gasteiger partial charge in [-0.1, -0.05) is 12.2 Å². The van der Waals surface area contributed by atoms with Crippen molar-refractivity contribution in [1.29, 1.82) is 0 Å². The number of nitrogens with zero attached hydrogens (tertiary/aromatic N) is 5. The number of aryl methyl sites for hydroxylation is 1. The molecule has 2 bridgehead atoms. The second-order valence-corrected chi connectivity index (χ2v) is 15.7. The molecule has 2 N–H and O–H groups in total. The smallest absolute Gasteiger partial charge is 0.386 e. The molecular weight excluding hydrogens is 639 g/mol. The molecule has 15 nitrogen and oxygen atoms in total. The van der Waals surface area contributed by atoms with Crippen molar-refractivity contribution in [2.45, 2.75) is 49.6 Å². The Labute approximate surface area is 247 Å². The first-order chi connectivity index (χ1) is 19.9. The molecule has 0 amide bonds. The average molecular weight is 666 g/mol. The molecule has 42 heavy (non-hydrogen) atoms. The lowest BCUT2D eigenvalue weighted by Crippen LogP contribution is -2.35. The Morgan fingerprint density at radius 3 is 2.79 bits per heavy atom. The van der Waals surface area contributed by atoms with Crippen LogP contribution in [0.25, 0.3) is 11.0 Å². The average Bonchev–Trinajstić information content (AvgIpc) is 3.57. The highest BCUT2D eigenvalue weighted by atomic mass is 32.7. The van der Waals surface area contributed by atoms with Gasteiger partial charge in [-0.25, -0.2) is 23.9 Å². The van der Waals surface area contributed by atoms with Crippen LogP contribution in [0.2, 0.25) is 0 Å². The number of halogens is 1. The van der Waals surface area contributed by atoms with Gasteiger partial charge in [-0.2, -0.15) is 0 Å². The molecule has 20 heteroatoms. The quantitative estimate of drug-likeness (QED) is 0.273. The van der Waals surface area contributed by atoms with Crippen molar-refractivity contribution in [3.05, 3.63) is 47.3 Å². The van der Waals surface area contributed by atoms with Crippen LogP contribution in [0.4, 0.5) is 4.39 Å². The number of thiol groups is 1. The minimum Gasteiger partial charge on any atom is -0.474 e. The van der Waals surface area contributed by atoms with Crippen LogP contribution >= 0.6 is 25.8 Å². The fraction of sp³-hybridized carbons (Fsp3) is 0.545. The second kappa shape index (κ2) is 11.6. The highest BCUT2D eigenvalue weighted by molar-refractivity contribution is 8.44. The van der Waals surface area contributed by atoms with Crippen LogP contribution < -0.4 is 10.3 Å². The Morgan fingerprint density at radius 2 is 2.02 bits per heavy atom. The van der Waals surface area contributed by atoms with E-state index < -0.39 is 74.2 Å². The first-order valence-corrected chi connectivity index (χ1v) is 18.0. The van der Waals surface area contributed by atoms with Gasteiger partial charge in [-0.3, -0.25) is 9.32 Å². The summed E-state index contributed by atoms with van der Waals surface area (Å²) in [6, 6.07) is 1.59. The van der Waals surface area contributed by atoms with Crippen molar-refractivity contribution in [2.24, 2.45) is 13.0 Å². The molecule has 0 spiro atoms. The maximum atomic E-state index is 14.9. The van der Waals surface area contributed by atoms with Crippen molar-refractivity contribution < 1.29 is 46.5 Å². The van der Waals surface area contributed by atoms with Gasteiger partial charge in [-0.05, 0) is 18.2 Å². The van der Waals surface area contributed by atoms with Crippen LogP contribution in [-0.2, 0) is 46.3 Å². The summed E-state index contributed by atoms with van der Waals surface area (Å²) >= 11 is 9.36. The third-order valence-electron chi connectivity index (χ3n) is 7.24. The van der Waals surface area contributed by atoms with Crippen LogP contribution in [-0.4, -0.2) is 77.8 Å². The molecule has 5 heterocycles. The van der Waals surface area contributed by atoms with Gasteiger partial charge in [0, 0.05) is 37.8 Å². The molecule has 9 atom stereocenters. The van der Waals surface area contributed by atoms with E-state index >= 15 is 0 Å². The Hall–Kier alpha value is -1.82. The van der Waals surface area contributed by atoms with Gasteiger partial charge in [0.15, 0.2) is 17.7 Å². The molecule has 3 aromatic heterocycles. The van der Waals surface area contributed by atoms with Gasteiger partial charge in [-0.15, -0.1) is 0 Å².